The van der Waals surface area contributed by atoms with E-state index in [1.807, 2.05) is 0 Å². The van der Waals surface area contributed by atoms with Crippen molar-refractivity contribution < 1.29 is 27.5 Å². The average molecular weight is 407 g/mol. The number of carbonyl (C=O) groups is 2. The summed E-state index contributed by atoms with van der Waals surface area (Å²) in [6, 6.07) is 3.76. The Bertz CT molecular complexity index is 915. The first-order chi connectivity index (χ1) is 13.8. The second-order valence-electron chi connectivity index (χ2n) is 6.91. The number of hydrogen-bond donors (Lipinski definition) is 2. The summed E-state index contributed by atoms with van der Waals surface area (Å²) in [5.74, 6) is -3.87. The van der Waals surface area contributed by atoms with Crippen molar-refractivity contribution in [3.63, 3.8) is 0 Å². The zero-order valence-electron chi connectivity index (χ0n) is 15.7. The Morgan fingerprint density at radius 2 is 1.66 bits per heavy atom. The Balaban J connectivity index is 1.69. The summed E-state index contributed by atoms with van der Waals surface area (Å²) in [5.41, 5.74) is -0.154. The smallest absolute Gasteiger partial charge is 0.257 e. The number of aromatic nitrogens is 1. The molecule has 2 amide bonds. The molecule has 0 aliphatic heterocycles. The summed E-state index contributed by atoms with van der Waals surface area (Å²) in [6.45, 7) is 1.46. The van der Waals surface area contributed by atoms with E-state index in [1.54, 1.807) is 0 Å². The minimum Gasteiger partial charge on any atom is -0.438 e. The van der Waals surface area contributed by atoms with Crippen LogP contribution in [0.15, 0.2) is 30.5 Å². The number of rotatable bonds is 5. The van der Waals surface area contributed by atoms with E-state index in [0.29, 0.717) is 25.7 Å². The van der Waals surface area contributed by atoms with Crippen LogP contribution in [-0.2, 0) is 4.79 Å². The number of ether oxygens (including phenoxy) is 1. The molecule has 2 N–H and O–H groups in total. The fourth-order valence-corrected chi connectivity index (χ4v) is 3.26. The van der Waals surface area contributed by atoms with Gasteiger partial charge in [0.05, 0.1) is 6.20 Å². The van der Waals surface area contributed by atoms with Crippen LogP contribution in [-0.4, -0.2) is 28.9 Å². The molecule has 154 valence electrons. The minimum atomic E-state index is -1.12. The van der Waals surface area contributed by atoms with Gasteiger partial charge in [0.1, 0.15) is 17.1 Å². The molecule has 1 aromatic heterocycles. The zero-order chi connectivity index (χ0) is 21.0. The molecule has 1 saturated carbocycles. The van der Waals surface area contributed by atoms with E-state index >= 15 is 0 Å². The highest BCUT2D eigenvalue weighted by Crippen LogP contribution is 2.26. The van der Waals surface area contributed by atoms with Crippen molar-refractivity contribution in [1.82, 2.24) is 15.6 Å². The van der Waals surface area contributed by atoms with Crippen LogP contribution in [0.5, 0.6) is 11.6 Å². The molecule has 0 saturated heterocycles. The van der Waals surface area contributed by atoms with Gasteiger partial charge in [0, 0.05) is 25.1 Å². The van der Waals surface area contributed by atoms with Gasteiger partial charge in [-0.2, -0.15) is 0 Å². The maximum atomic E-state index is 13.7. The van der Waals surface area contributed by atoms with Crippen LogP contribution >= 0.6 is 0 Å². The average Bonchev–Trinajstić information content (AvgIpc) is 2.67. The van der Waals surface area contributed by atoms with E-state index in [-0.39, 0.29) is 35.2 Å². The summed E-state index contributed by atoms with van der Waals surface area (Å²) in [5, 5.41) is 5.66. The maximum absolute atomic E-state index is 13.7. The van der Waals surface area contributed by atoms with Gasteiger partial charge in [0.15, 0.2) is 11.6 Å². The van der Waals surface area contributed by atoms with Gasteiger partial charge in [-0.05, 0) is 43.9 Å². The highest BCUT2D eigenvalue weighted by Gasteiger charge is 2.25. The number of pyridine rings is 1. The van der Waals surface area contributed by atoms with Gasteiger partial charge in [-0.1, -0.05) is 0 Å². The SMILES string of the molecule is CC(=O)NC1CCC(NC(=O)c2cc(F)cnc2Oc2ccc(F)c(F)c2)CC1. The van der Waals surface area contributed by atoms with Crippen molar-refractivity contribution in [3.05, 3.63) is 53.5 Å². The van der Waals surface area contributed by atoms with Crippen LogP contribution in [0.2, 0.25) is 0 Å². The van der Waals surface area contributed by atoms with E-state index in [4.69, 9.17) is 4.74 Å². The molecule has 0 unspecified atom stereocenters. The summed E-state index contributed by atoms with van der Waals surface area (Å²) in [7, 11) is 0. The van der Waals surface area contributed by atoms with Gasteiger partial charge >= 0.3 is 0 Å². The molecular formula is C20H20F3N3O3. The molecule has 3 rings (SSSR count). The molecule has 1 aromatic carbocycles. The lowest BCUT2D eigenvalue weighted by atomic mass is 9.91. The Labute approximate surface area is 165 Å². The molecular weight excluding hydrogens is 387 g/mol. The molecule has 0 spiro atoms. The molecule has 0 bridgehead atoms. The van der Waals surface area contributed by atoms with Gasteiger partial charge in [-0.15, -0.1) is 0 Å². The largest absolute Gasteiger partial charge is 0.438 e. The fraction of sp³-hybridized carbons (Fsp3) is 0.350. The van der Waals surface area contributed by atoms with Gasteiger partial charge in [-0.3, -0.25) is 9.59 Å². The van der Waals surface area contributed by atoms with Crippen LogP contribution in [0.3, 0.4) is 0 Å². The molecule has 2 aromatic rings. The van der Waals surface area contributed by atoms with Crippen molar-refractivity contribution in [2.24, 2.45) is 0 Å². The normalized spacial score (nSPS) is 18.8. The summed E-state index contributed by atoms with van der Waals surface area (Å²) < 4.78 is 45.5. The van der Waals surface area contributed by atoms with E-state index in [1.165, 1.54) is 13.0 Å². The number of benzene rings is 1. The summed E-state index contributed by atoms with van der Waals surface area (Å²) in [6.07, 6.45) is 3.59. The van der Waals surface area contributed by atoms with Gasteiger partial charge < -0.3 is 15.4 Å². The molecule has 9 heteroatoms. The van der Waals surface area contributed by atoms with E-state index in [0.717, 1.165) is 24.4 Å². The summed E-state index contributed by atoms with van der Waals surface area (Å²) >= 11 is 0. The van der Waals surface area contributed by atoms with Crippen molar-refractivity contribution in [2.75, 3.05) is 0 Å². The Kier molecular flexibility index (Phi) is 6.36. The second-order valence-corrected chi connectivity index (χ2v) is 6.91. The number of carbonyl (C=O) groups excluding carboxylic acids is 2. The van der Waals surface area contributed by atoms with Crippen LogP contribution in [0.25, 0.3) is 0 Å². The van der Waals surface area contributed by atoms with Crippen LogP contribution in [0, 0.1) is 17.5 Å². The zero-order valence-corrected chi connectivity index (χ0v) is 15.7. The molecule has 0 atom stereocenters. The third-order valence-corrected chi connectivity index (χ3v) is 4.64. The van der Waals surface area contributed by atoms with Gasteiger partial charge in [-0.25, -0.2) is 18.2 Å². The van der Waals surface area contributed by atoms with E-state index in [9.17, 15) is 22.8 Å². The predicted octanol–water partition coefficient (Wildman–Crippen LogP) is 3.47. The van der Waals surface area contributed by atoms with Crippen molar-refractivity contribution in [1.29, 1.82) is 0 Å². The molecule has 6 nitrogen and oxygen atoms in total. The maximum Gasteiger partial charge on any atom is 0.257 e. The molecule has 1 aliphatic rings. The number of nitrogens with one attached hydrogen (secondary N) is 2. The fourth-order valence-electron chi connectivity index (χ4n) is 3.26. The van der Waals surface area contributed by atoms with Crippen molar-refractivity contribution >= 4 is 11.8 Å². The van der Waals surface area contributed by atoms with Crippen molar-refractivity contribution in [2.45, 2.75) is 44.7 Å². The number of nitrogens with zero attached hydrogens (tertiary/aromatic N) is 1. The number of halogens is 3. The second kappa shape index (κ2) is 8.93. The molecule has 1 aliphatic carbocycles. The molecule has 1 fully saturated rings. The molecule has 1 heterocycles. The first-order valence-electron chi connectivity index (χ1n) is 9.18. The number of hydrogen-bond acceptors (Lipinski definition) is 4. The van der Waals surface area contributed by atoms with Gasteiger partial charge in [0.25, 0.3) is 5.91 Å². The monoisotopic (exact) mass is 407 g/mol. The van der Waals surface area contributed by atoms with E-state index < -0.39 is 23.4 Å². The lowest BCUT2D eigenvalue weighted by Gasteiger charge is -2.29. The lowest BCUT2D eigenvalue weighted by molar-refractivity contribution is -0.119. The van der Waals surface area contributed by atoms with Crippen molar-refractivity contribution in [3.8, 4) is 11.6 Å². The third kappa shape index (κ3) is 5.46. The standard InChI is InChI=1S/C20H20F3N3O3/c1-11(27)25-13-2-4-14(5-3-13)26-19(28)16-8-12(21)10-24-20(16)29-15-6-7-17(22)18(23)9-15/h6-10,13-14H,2-5H2,1H3,(H,25,27)(H,26,28). The predicted molar refractivity (Wildman–Crippen MR) is 98.0 cm³/mol. The highest BCUT2D eigenvalue weighted by atomic mass is 19.2. The molecule has 29 heavy (non-hydrogen) atoms. The van der Waals surface area contributed by atoms with Crippen LogP contribution in [0.4, 0.5) is 13.2 Å². The first kappa shape index (κ1) is 20.6. The van der Waals surface area contributed by atoms with Gasteiger partial charge in [0.2, 0.25) is 11.8 Å². The van der Waals surface area contributed by atoms with Crippen LogP contribution < -0.4 is 15.4 Å². The topological polar surface area (TPSA) is 80.3 Å². The summed E-state index contributed by atoms with van der Waals surface area (Å²) in [4.78, 5) is 27.6. The minimum absolute atomic E-state index is 0.0729. The Morgan fingerprint density at radius 1 is 1.00 bits per heavy atom. The quantitative estimate of drug-likeness (QED) is 0.796. The first-order valence-corrected chi connectivity index (χ1v) is 9.18. The third-order valence-electron chi connectivity index (χ3n) is 4.64. The van der Waals surface area contributed by atoms with Crippen LogP contribution in [0.1, 0.15) is 43.0 Å². The Hall–Kier alpha value is -3.10. The number of amides is 2. The molecule has 0 radical (unpaired) electrons. The lowest BCUT2D eigenvalue weighted by Crippen LogP contribution is -2.43. The van der Waals surface area contributed by atoms with E-state index in [2.05, 4.69) is 15.6 Å². The Morgan fingerprint density at radius 3 is 2.28 bits per heavy atom. The highest BCUT2D eigenvalue weighted by molar-refractivity contribution is 5.96.